The van der Waals surface area contributed by atoms with Crippen LogP contribution in [0.5, 0.6) is 0 Å². The van der Waals surface area contributed by atoms with E-state index in [1.54, 1.807) is 6.07 Å². The van der Waals surface area contributed by atoms with Crippen molar-refractivity contribution >= 4 is 0 Å². The van der Waals surface area contributed by atoms with Gasteiger partial charge in [-0.3, -0.25) is 4.98 Å². The summed E-state index contributed by atoms with van der Waals surface area (Å²) in [5.41, 5.74) is 9.01. The SMILES string of the molecule is CCc1ccc(Cc2ccc(CN)cc2F)nc1. The molecule has 0 fully saturated rings. The largest absolute Gasteiger partial charge is 0.326 e. The molecule has 0 saturated carbocycles. The van der Waals surface area contributed by atoms with Crippen molar-refractivity contribution in [2.75, 3.05) is 0 Å². The zero-order chi connectivity index (χ0) is 13.0. The fourth-order valence-electron chi connectivity index (χ4n) is 1.83. The van der Waals surface area contributed by atoms with Crippen LogP contribution in [0, 0.1) is 5.82 Å². The summed E-state index contributed by atoms with van der Waals surface area (Å²) in [6.45, 7) is 2.45. The number of aromatic nitrogens is 1. The number of halogens is 1. The van der Waals surface area contributed by atoms with Gasteiger partial charge in [0.1, 0.15) is 5.82 Å². The van der Waals surface area contributed by atoms with Crippen molar-refractivity contribution in [2.45, 2.75) is 26.3 Å². The van der Waals surface area contributed by atoms with Crippen molar-refractivity contribution in [2.24, 2.45) is 5.73 Å². The molecule has 0 unspecified atom stereocenters. The van der Waals surface area contributed by atoms with E-state index in [9.17, 15) is 4.39 Å². The van der Waals surface area contributed by atoms with Gasteiger partial charge in [0.05, 0.1) is 0 Å². The molecule has 2 aromatic rings. The monoisotopic (exact) mass is 244 g/mol. The minimum atomic E-state index is -0.209. The second-order valence-electron chi connectivity index (χ2n) is 4.32. The number of pyridine rings is 1. The number of hydrogen-bond acceptors (Lipinski definition) is 2. The Kier molecular flexibility index (Phi) is 4.05. The van der Waals surface area contributed by atoms with Gasteiger partial charge in [-0.25, -0.2) is 4.39 Å². The van der Waals surface area contributed by atoms with E-state index in [-0.39, 0.29) is 5.82 Å². The van der Waals surface area contributed by atoms with Gasteiger partial charge in [0, 0.05) is 24.9 Å². The first-order valence-corrected chi connectivity index (χ1v) is 6.14. The zero-order valence-corrected chi connectivity index (χ0v) is 10.5. The smallest absolute Gasteiger partial charge is 0.127 e. The molecule has 0 aliphatic rings. The molecule has 0 bridgehead atoms. The summed E-state index contributed by atoms with van der Waals surface area (Å²) in [5.74, 6) is -0.209. The van der Waals surface area contributed by atoms with Crippen LogP contribution >= 0.6 is 0 Å². The van der Waals surface area contributed by atoms with E-state index in [1.165, 1.54) is 11.6 Å². The quantitative estimate of drug-likeness (QED) is 0.898. The molecule has 94 valence electrons. The first kappa shape index (κ1) is 12.7. The highest BCUT2D eigenvalue weighted by molar-refractivity contribution is 5.28. The van der Waals surface area contributed by atoms with Gasteiger partial charge < -0.3 is 5.73 Å². The van der Waals surface area contributed by atoms with Gasteiger partial charge >= 0.3 is 0 Å². The van der Waals surface area contributed by atoms with E-state index in [0.717, 1.165) is 17.7 Å². The van der Waals surface area contributed by atoms with Gasteiger partial charge in [-0.05, 0) is 35.2 Å². The molecular formula is C15H17FN2. The van der Waals surface area contributed by atoms with E-state index in [2.05, 4.69) is 11.9 Å². The Morgan fingerprint density at radius 1 is 1.17 bits per heavy atom. The Morgan fingerprint density at radius 3 is 2.50 bits per heavy atom. The molecule has 0 amide bonds. The van der Waals surface area contributed by atoms with E-state index < -0.39 is 0 Å². The van der Waals surface area contributed by atoms with Crippen molar-refractivity contribution in [1.82, 2.24) is 4.98 Å². The summed E-state index contributed by atoms with van der Waals surface area (Å²) >= 11 is 0. The van der Waals surface area contributed by atoms with Crippen LogP contribution in [0.3, 0.4) is 0 Å². The van der Waals surface area contributed by atoms with Gasteiger partial charge in [-0.15, -0.1) is 0 Å². The average Bonchev–Trinajstić information content (AvgIpc) is 2.42. The standard InChI is InChI=1S/C15H17FN2/c1-2-11-4-6-14(18-10-11)8-13-5-3-12(9-17)7-15(13)16/h3-7,10H,2,8-9,17H2,1H3. The Labute approximate surface area is 107 Å². The van der Waals surface area contributed by atoms with Crippen LogP contribution in [-0.2, 0) is 19.4 Å². The lowest BCUT2D eigenvalue weighted by Crippen LogP contribution is -2.00. The molecule has 1 aromatic heterocycles. The molecular weight excluding hydrogens is 227 g/mol. The van der Waals surface area contributed by atoms with Crippen molar-refractivity contribution in [3.8, 4) is 0 Å². The molecule has 0 radical (unpaired) electrons. The van der Waals surface area contributed by atoms with Gasteiger partial charge in [0.25, 0.3) is 0 Å². The summed E-state index contributed by atoms with van der Waals surface area (Å²) in [7, 11) is 0. The summed E-state index contributed by atoms with van der Waals surface area (Å²) < 4.78 is 13.8. The number of hydrogen-bond donors (Lipinski definition) is 1. The molecule has 0 aliphatic carbocycles. The topological polar surface area (TPSA) is 38.9 Å². The Balaban J connectivity index is 2.17. The summed E-state index contributed by atoms with van der Waals surface area (Å²) in [5, 5.41) is 0. The molecule has 0 atom stereocenters. The van der Waals surface area contributed by atoms with E-state index in [1.807, 2.05) is 24.4 Å². The number of nitrogens with zero attached hydrogens (tertiary/aromatic N) is 1. The maximum atomic E-state index is 13.8. The second-order valence-corrected chi connectivity index (χ2v) is 4.32. The first-order chi connectivity index (χ1) is 8.72. The van der Waals surface area contributed by atoms with Gasteiger partial charge in [0.15, 0.2) is 0 Å². The van der Waals surface area contributed by atoms with Crippen LogP contribution in [0.25, 0.3) is 0 Å². The predicted molar refractivity (Wildman–Crippen MR) is 70.7 cm³/mol. The summed E-state index contributed by atoms with van der Waals surface area (Å²) in [6, 6.07) is 9.13. The third-order valence-corrected chi connectivity index (χ3v) is 3.02. The summed E-state index contributed by atoms with van der Waals surface area (Å²) in [4.78, 5) is 4.34. The lowest BCUT2D eigenvalue weighted by atomic mass is 10.1. The molecule has 1 aromatic carbocycles. The third kappa shape index (κ3) is 2.93. The van der Waals surface area contributed by atoms with Crippen LogP contribution in [-0.4, -0.2) is 4.98 Å². The highest BCUT2D eigenvalue weighted by Gasteiger charge is 2.05. The van der Waals surface area contributed by atoms with Crippen LogP contribution in [0.1, 0.15) is 29.3 Å². The predicted octanol–water partition coefficient (Wildman–Crippen LogP) is 2.83. The maximum absolute atomic E-state index is 13.8. The Morgan fingerprint density at radius 2 is 1.94 bits per heavy atom. The van der Waals surface area contributed by atoms with E-state index in [4.69, 9.17) is 5.73 Å². The maximum Gasteiger partial charge on any atom is 0.127 e. The van der Waals surface area contributed by atoms with Crippen LogP contribution < -0.4 is 5.73 Å². The minimum absolute atomic E-state index is 0.209. The van der Waals surface area contributed by atoms with Gasteiger partial charge in [-0.1, -0.05) is 25.1 Å². The second kappa shape index (κ2) is 5.74. The molecule has 2 N–H and O–H groups in total. The van der Waals surface area contributed by atoms with Crippen molar-refractivity contribution in [1.29, 1.82) is 0 Å². The number of aryl methyl sites for hydroxylation is 1. The molecule has 3 heteroatoms. The fourth-order valence-corrected chi connectivity index (χ4v) is 1.83. The van der Waals surface area contributed by atoms with Gasteiger partial charge in [0.2, 0.25) is 0 Å². The third-order valence-electron chi connectivity index (χ3n) is 3.02. The Bertz CT molecular complexity index is 521. The molecule has 2 nitrogen and oxygen atoms in total. The minimum Gasteiger partial charge on any atom is -0.326 e. The first-order valence-electron chi connectivity index (χ1n) is 6.14. The van der Waals surface area contributed by atoms with Crippen LogP contribution in [0.2, 0.25) is 0 Å². The van der Waals surface area contributed by atoms with E-state index >= 15 is 0 Å². The van der Waals surface area contributed by atoms with Crippen LogP contribution in [0.15, 0.2) is 36.5 Å². The molecule has 2 rings (SSSR count). The normalized spacial score (nSPS) is 10.6. The molecule has 1 heterocycles. The van der Waals surface area contributed by atoms with Crippen LogP contribution in [0.4, 0.5) is 4.39 Å². The van der Waals surface area contributed by atoms with Crippen molar-refractivity contribution in [3.63, 3.8) is 0 Å². The van der Waals surface area contributed by atoms with Crippen molar-refractivity contribution in [3.05, 3.63) is 64.7 Å². The number of rotatable bonds is 4. The lowest BCUT2D eigenvalue weighted by Gasteiger charge is -2.05. The molecule has 0 aliphatic heterocycles. The lowest BCUT2D eigenvalue weighted by molar-refractivity contribution is 0.611. The van der Waals surface area contributed by atoms with Crippen molar-refractivity contribution < 1.29 is 4.39 Å². The molecule has 0 spiro atoms. The van der Waals surface area contributed by atoms with E-state index in [0.29, 0.717) is 18.5 Å². The highest BCUT2D eigenvalue weighted by Crippen LogP contribution is 2.14. The summed E-state index contributed by atoms with van der Waals surface area (Å²) in [6.07, 6.45) is 3.33. The zero-order valence-electron chi connectivity index (χ0n) is 10.5. The number of nitrogens with two attached hydrogens (primary N) is 1. The molecule has 18 heavy (non-hydrogen) atoms. The number of benzene rings is 1. The van der Waals surface area contributed by atoms with Gasteiger partial charge in [-0.2, -0.15) is 0 Å². The molecule has 0 saturated heterocycles. The Hall–Kier alpha value is -1.74. The highest BCUT2D eigenvalue weighted by atomic mass is 19.1. The fraction of sp³-hybridized carbons (Fsp3) is 0.267. The average molecular weight is 244 g/mol.